The summed E-state index contributed by atoms with van der Waals surface area (Å²) in [5, 5.41) is 7.51. The summed E-state index contributed by atoms with van der Waals surface area (Å²) in [4.78, 5) is 7.61. The lowest BCUT2D eigenvalue weighted by atomic mass is 10.2. The Morgan fingerprint density at radius 2 is 2.37 bits per heavy atom. The van der Waals surface area contributed by atoms with E-state index in [0.717, 1.165) is 34.7 Å². The predicted octanol–water partition coefficient (Wildman–Crippen LogP) is 2.78. The molecule has 0 bridgehead atoms. The molecule has 0 radical (unpaired) electrons. The number of aromatic amines is 1. The van der Waals surface area contributed by atoms with Crippen LogP contribution in [0.3, 0.4) is 0 Å². The lowest BCUT2D eigenvalue weighted by molar-refractivity contribution is 0.936. The second-order valence-electron chi connectivity index (χ2n) is 4.42. The summed E-state index contributed by atoms with van der Waals surface area (Å²) in [7, 11) is 0. The number of hydrogen-bond donors (Lipinski definition) is 2. The summed E-state index contributed by atoms with van der Waals surface area (Å²) in [6.07, 6.45) is 5.44. The minimum absolute atomic E-state index is 0.729. The molecule has 2 heterocycles. The van der Waals surface area contributed by atoms with E-state index in [1.807, 2.05) is 31.5 Å². The summed E-state index contributed by atoms with van der Waals surface area (Å²) in [6, 6.07) is 6.10. The Labute approximate surface area is 111 Å². The molecule has 0 amide bonds. The van der Waals surface area contributed by atoms with E-state index in [1.54, 1.807) is 10.9 Å². The molecule has 0 unspecified atom stereocenters. The van der Waals surface area contributed by atoms with Gasteiger partial charge in [-0.15, -0.1) is 0 Å². The van der Waals surface area contributed by atoms with Crippen molar-refractivity contribution in [2.75, 3.05) is 5.32 Å². The molecule has 1 aromatic carbocycles. The number of anilines is 1. The zero-order valence-corrected chi connectivity index (χ0v) is 10.7. The van der Waals surface area contributed by atoms with Crippen LogP contribution in [0.1, 0.15) is 11.4 Å². The molecule has 0 saturated carbocycles. The number of aryl methyl sites for hydroxylation is 1. The van der Waals surface area contributed by atoms with E-state index < -0.39 is 0 Å². The highest BCUT2D eigenvalue weighted by molar-refractivity contribution is 5.79. The van der Waals surface area contributed by atoms with Gasteiger partial charge in [-0.1, -0.05) is 6.58 Å². The number of nitrogens with zero attached hydrogens (tertiary/aromatic N) is 3. The summed E-state index contributed by atoms with van der Waals surface area (Å²) in [6.45, 7) is 6.35. The number of H-pyrrole nitrogens is 1. The standard InChI is InChI=1S/C14H15N5/c1-3-19-9-11(8-16-19)7-15-12-4-5-13-14(6-12)18-10(2)17-13/h3-6,8-9,15H,1,7H2,2H3,(H,17,18). The third-order valence-electron chi connectivity index (χ3n) is 2.94. The third kappa shape index (κ3) is 2.35. The predicted molar refractivity (Wildman–Crippen MR) is 76.8 cm³/mol. The van der Waals surface area contributed by atoms with Crippen molar-refractivity contribution in [3.8, 4) is 0 Å². The Morgan fingerprint density at radius 1 is 1.47 bits per heavy atom. The molecule has 0 spiro atoms. The number of benzene rings is 1. The number of imidazole rings is 1. The molecule has 96 valence electrons. The molecule has 0 atom stereocenters. The molecular formula is C14H15N5. The lowest BCUT2D eigenvalue weighted by Crippen LogP contribution is -1.98. The van der Waals surface area contributed by atoms with Crippen LogP contribution >= 0.6 is 0 Å². The van der Waals surface area contributed by atoms with Gasteiger partial charge in [0.2, 0.25) is 0 Å². The van der Waals surface area contributed by atoms with Crippen LogP contribution in [0.15, 0.2) is 37.2 Å². The van der Waals surface area contributed by atoms with E-state index in [-0.39, 0.29) is 0 Å². The van der Waals surface area contributed by atoms with E-state index in [2.05, 4.69) is 33.0 Å². The summed E-state index contributed by atoms with van der Waals surface area (Å²) >= 11 is 0. The molecule has 2 N–H and O–H groups in total. The number of hydrogen-bond acceptors (Lipinski definition) is 3. The fourth-order valence-electron chi connectivity index (χ4n) is 2.02. The summed E-state index contributed by atoms with van der Waals surface area (Å²) in [5.41, 5.74) is 4.20. The minimum Gasteiger partial charge on any atom is -0.381 e. The zero-order valence-electron chi connectivity index (χ0n) is 10.7. The first kappa shape index (κ1) is 11.5. The molecular weight excluding hydrogens is 238 g/mol. The van der Waals surface area contributed by atoms with Gasteiger partial charge in [0.05, 0.1) is 17.2 Å². The van der Waals surface area contributed by atoms with E-state index in [4.69, 9.17) is 0 Å². The first-order valence-electron chi connectivity index (χ1n) is 6.10. The molecule has 0 fully saturated rings. The van der Waals surface area contributed by atoms with Gasteiger partial charge in [0.15, 0.2) is 0 Å². The highest BCUT2D eigenvalue weighted by atomic mass is 15.2. The topological polar surface area (TPSA) is 58.5 Å². The molecule has 3 aromatic rings. The lowest BCUT2D eigenvalue weighted by Gasteiger charge is -2.04. The van der Waals surface area contributed by atoms with E-state index in [9.17, 15) is 0 Å². The van der Waals surface area contributed by atoms with Gasteiger partial charge in [-0.05, 0) is 25.1 Å². The smallest absolute Gasteiger partial charge is 0.104 e. The Morgan fingerprint density at radius 3 is 3.16 bits per heavy atom. The van der Waals surface area contributed by atoms with E-state index in [0.29, 0.717) is 0 Å². The van der Waals surface area contributed by atoms with Gasteiger partial charge in [-0.2, -0.15) is 5.10 Å². The second kappa shape index (κ2) is 4.61. The van der Waals surface area contributed by atoms with Crippen molar-refractivity contribution in [3.63, 3.8) is 0 Å². The Bertz CT molecular complexity index is 722. The SMILES string of the molecule is C=Cn1cc(CNc2ccc3nc(C)[nH]c3c2)cn1. The maximum absolute atomic E-state index is 4.38. The van der Waals surface area contributed by atoms with Gasteiger partial charge in [0.25, 0.3) is 0 Å². The van der Waals surface area contributed by atoms with Crippen LogP contribution < -0.4 is 5.32 Å². The van der Waals surface area contributed by atoms with Gasteiger partial charge in [0, 0.05) is 30.2 Å². The molecule has 2 aromatic heterocycles. The van der Waals surface area contributed by atoms with Crippen molar-refractivity contribution in [2.45, 2.75) is 13.5 Å². The van der Waals surface area contributed by atoms with Gasteiger partial charge >= 0.3 is 0 Å². The Balaban J connectivity index is 1.75. The molecule has 0 saturated heterocycles. The van der Waals surface area contributed by atoms with Gasteiger partial charge in [-0.25, -0.2) is 9.67 Å². The normalized spacial score (nSPS) is 10.8. The maximum atomic E-state index is 4.38. The zero-order chi connectivity index (χ0) is 13.2. The Kier molecular flexibility index (Phi) is 2.79. The summed E-state index contributed by atoms with van der Waals surface area (Å²) < 4.78 is 1.69. The van der Waals surface area contributed by atoms with Crippen LogP contribution in [-0.2, 0) is 6.54 Å². The van der Waals surface area contributed by atoms with Crippen LogP contribution in [0, 0.1) is 6.92 Å². The number of fused-ring (bicyclic) bond motifs is 1. The van der Waals surface area contributed by atoms with Crippen molar-refractivity contribution in [1.82, 2.24) is 19.7 Å². The molecule has 0 aliphatic rings. The quantitative estimate of drug-likeness (QED) is 0.751. The van der Waals surface area contributed by atoms with E-state index >= 15 is 0 Å². The average molecular weight is 253 g/mol. The van der Waals surface area contributed by atoms with Crippen LogP contribution in [-0.4, -0.2) is 19.7 Å². The first-order chi connectivity index (χ1) is 9.24. The molecule has 19 heavy (non-hydrogen) atoms. The van der Waals surface area contributed by atoms with Gasteiger partial charge in [0.1, 0.15) is 5.82 Å². The van der Waals surface area contributed by atoms with Gasteiger partial charge < -0.3 is 10.3 Å². The van der Waals surface area contributed by atoms with Crippen molar-refractivity contribution < 1.29 is 0 Å². The van der Waals surface area contributed by atoms with Crippen LogP contribution in [0.25, 0.3) is 17.2 Å². The maximum Gasteiger partial charge on any atom is 0.104 e. The van der Waals surface area contributed by atoms with Crippen LogP contribution in [0.4, 0.5) is 5.69 Å². The molecule has 0 aliphatic carbocycles. The van der Waals surface area contributed by atoms with Crippen LogP contribution in [0.5, 0.6) is 0 Å². The number of nitrogens with one attached hydrogen (secondary N) is 2. The number of aromatic nitrogens is 4. The third-order valence-corrected chi connectivity index (χ3v) is 2.94. The largest absolute Gasteiger partial charge is 0.381 e. The first-order valence-corrected chi connectivity index (χ1v) is 6.10. The highest BCUT2D eigenvalue weighted by Gasteiger charge is 2.01. The van der Waals surface area contributed by atoms with Crippen LogP contribution in [0.2, 0.25) is 0 Å². The van der Waals surface area contributed by atoms with E-state index in [1.165, 1.54) is 0 Å². The minimum atomic E-state index is 0.729. The molecule has 5 nitrogen and oxygen atoms in total. The monoisotopic (exact) mass is 253 g/mol. The van der Waals surface area contributed by atoms with Crippen molar-refractivity contribution >= 4 is 22.9 Å². The number of rotatable bonds is 4. The molecule has 3 rings (SSSR count). The molecule has 5 heteroatoms. The fourth-order valence-corrected chi connectivity index (χ4v) is 2.02. The van der Waals surface area contributed by atoms with Crippen molar-refractivity contribution in [1.29, 1.82) is 0 Å². The second-order valence-corrected chi connectivity index (χ2v) is 4.42. The molecule has 0 aliphatic heterocycles. The van der Waals surface area contributed by atoms with Gasteiger partial charge in [-0.3, -0.25) is 0 Å². The van der Waals surface area contributed by atoms with Crippen molar-refractivity contribution in [3.05, 3.63) is 48.6 Å². The summed E-state index contributed by atoms with van der Waals surface area (Å²) in [5.74, 6) is 0.930. The highest BCUT2D eigenvalue weighted by Crippen LogP contribution is 2.17. The fraction of sp³-hybridized carbons (Fsp3) is 0.143. The Hall–Kier alpha value is -2.56. The van der Waals surface area contributed by atoms with Crippen molar-refractivity contribution in [2.24, 2.45) is 0 Å². The average Bonchev–Trinajstić information content (AvgIpc) is 3.00.